The van der Waals surface area contributed by atoms with E-state index in [4.69, 9.17) is 0 Å². The molecule has 1 heterocycles. The van der Waals surface area contributed by atoms with Gasteiger partial charge in [0.05, 0.1) is 12.6 Å². The lowest BCUT2D eigenvalue weighted by molar-refractivity contribution is -0.117. The molecule has 0 aliphatic carbocycles. The average Bonchev–Trinajstić information content (AvgIpc) is 2.92. The Morgan fingerprint density at radius 2 is 1.97 bits per heavy atom. The number of benzene rings is 2. The molecular formula is C17H17FN4O6S. The number of nitrogens with zero attached hydrogens (tertiary/aromatic N) is 1. The van der Waals surface area contributed by atoms with Gasteiger partial charge in [0.2, 0.25) is 0 Å². The number of phenolic OH excluding ortho intramolecular Hbond substituents is 1. The van der Waals surface area contributed by atoms with E-state index in [2.05, 4.69) is 10.6 Å². The maximum absolute atomic E-state index is 14.5. The average molecular weight is 424 g/mol. The zero-order chi connectivity index (χ0) is 21.2. The highest BCUT2D eigenvalue weighted by Crippen LogP contribution is 2.36. The van der Waals surface area contributed by atoms with Gasteiger partial charge < -0.3 is 20.8 Å². The Hall–Kier alpha value is -3.38. The topological polar surface area (TPSA) is 148 Å². The van der Waals surface area contributed by atoms with E-state index in [0.717, 1.165) is 12.1 Å². The smallest absolute Gasteiger partial charge is 0.326 e. The van der Waals surface area contributed by atoms with Crippen LogP contribution in [0.1, 0.15) is 11.6 Å². The zero-order valence-electron chi connectivity index (χ0n) is 14.8. The molecule has 29 heavy (non-hydrogen) atoms. The van der Waals surface area contributed by atoms with Gasteiger partial charge in [-0.2, -0.15) is 8.42 Å². The number of aliphatic hydroxyl groups excluding tert-OH is 1. The molecule has 1 aliphatic heterocycles. The van der Waals surface area contributed by atoms with E-state index in [0.29, 0.717) is 9.87 Å². The largest absolute Gasteiger partial charge is 0.506 e. The molecule has 154 valence electrons. The molecule has 0 spiro atoms. The number of hydrogen-bond donors (Lipinski definition) is 5. The lowest BCUT2D eigenvalue weighted by Gasteiger charge is -2.19. The van der Waals surface area contributed by atoms with Crippen LogP contribution in [-0.2, 0) is 15.0 Å². The second kappa shape index (κ2) is 7.93. The van der Waals surface area contributed by atoms with Crippen molar-refractivity contribution in [3.63, 3.8) is 0 Å². The van der Waals surface area contributed by atoms with E-state index in [1.165, 1.54) is 0 Å². The van der Waals surface area contributed by atoms with Gasteiger partial charge in [-0.05, 0) is 11.6 Å². The normalized spacial score (nSPS) is 16.2. The Kier molecular flexibility index (Phi) is 5.57. The molecule has 0 aromatic heterocycles. The first-order chi connectivity index (χ1) is 13.7. The number of phenols is 1. The van der Waals surface area contributed by atoms with Crippen molar-refractivity contribution < 1.29 is 32.6 Å². The Bertz CT molecular complexity index is 1020. The summed E-state index contributed by atoms with van der Waals surface area (Å²) in [4.78, 5) is 23.5. The number of rotatable bonds is 5. The minimum absolute atomic E-state index is 0.165. The molecule has 1 saturated heterocycles. The minimum atomic E-state index is -4.31. The molecule has 2 aromatic rings. The van der Waals surface area contributed by atoms with Crippen LogP contribution in [0, 0.1) is 5.82 Å². The van der Waals surface area contributed by atoms with Gasteiger partial charge in [0.25, 0.3) is 5.91 Å². The van der Waals surface area contributed by atoms with Crippen LogP contribution >= 0.6 is 0 Å². The number of aromatic hydroxyl groups is 1. The van der Waals surface area contributed by atoms with Gasteiger partial charge in [-0.3, -0.25) is 4.79 Å². The number of urea groups is 1. The summed E-state index contributed by atoms with van der Waals surface area (Å²) in [5, 5.41) is 24.3. The van der Waals surface area contributed by atoms with Crippen LogP contribution in [0.3, 0.4) is 0 Å². The van der Waals surface area contributed by atoms with E-state index in [1.807, 2.05) is 0 Å². The monoisotopic (exact) mass is 424 g/mol. The van der Waals surface area contributed by atoms with Gasteiger partial charge in [0.1, 0.15) is 18.0 Å². The fourth-order valence-corrected chi connectivity index (χ4v) is 3.97. The SMILES string of the molecule is O=C1CN(c2c(O)cc(NC(=O)N[C@H](CO)c3ccccc3)cc2F)S(=O)(=O)N1. The van der Waals surface area contributed by atoms with Gasteiger partial charge in [-0.15, -0.1) is 0 Å². The number of halogens is 1. The van der Waals surface area contributed by atoms with Crippen molar-refractivity contribution in [1.29, 1.82) is 0 Å². The highest BCUT2D eigenvalue weighted by atomic mass is 32.2. The number of carbonyl (C=O) groups excluding carboxylic acids is 2. The van der Waals surface area contributed by atoms with Crippen molar-refractivity contribution in [2.24, 2.45) is 0 Å². The van der Waals surface area contributed by atoms with Gasteiger partial charge in [-0.25, -0.2) is 18.2 Å². The van der Waals surface area contributed by atoms with Crippen LogP contribution in [0.25, 0.3) is 0 Å². The Balaban J connectivity index is 1.77. The number of anilines is 2. The predicted molar refractivity (Wildman–Crippen MR) is 101 cm³/mol. The molecular weight excluding hydrogens is 407 g/mol. The number of nitrogens with one attached hydrogen (secondary N) is 3. The highest BCUT2D eigenvalue weighted by molar-refractivity contribution is 7.92. The molecule has 3 rings (SSSR count). The molecule has 10 nitrogen and oxygen atoms in total. The third-order valence-electron chi connectivity index (χ3n) is 4.06. The fraction of sp³-hybridized carbons (Fsp3) is 0.176. The van der Waals surface area contributed by atoms with Gasteiger partial charge in [0, 0.05) is 11.8 Å². The molecule has 1 aliphatic rings. The number of aliphatic hydroxyl groups is 1. The summed E-state index contributed by atoms with van der Waals surface area (Å²) in [7, 11) is -4.31. The summed E-state index contributed by atoms with van der Waals surface area (Å²) in [5.74, 6) is -2.83. The summed E-state index contributed by atoms with van der Waals surface area (Å²) in [6.45, 7) is -1.07. The minimum Gasteiger partial charge on any atom is -0.506 e. The quantitative estimate of drug-likeness (QED) is 0.474. The molecule has 5 N–H and O–H groups in total. The molecule has 3 amide bonds. The van der Waals surface area contributed by atoms with E-state index >= 15 is 0 Å². The van der Waals surface area contributed by atoms with Crippen molar-refractivity contribution in [3.8, 4) is 5.75 Å². The van der Waals surface area contributed by atoms with Crippen LogP contribution in [0.2, 0.25) is 0 Å². The van der Waals surface area contributed by atoms with Gasteiger partial charge >= 0.3 is 16.2 Å². The van der Waals surface area contributed by atoms with E-state index < -0.39 is 52.0 Å². The van der Waals surface area contributed by atoms with Crippen LogP contribution in [0.15, 0.2) is 42.5 Å². The summed E-state index contributed by atoms with van der Waals surface area (Å²) in [6.07, 6.45) is 0. The van der Waals surface area contributed by atoms with E-state index in [-0.39, 0.29) is 12.3 Å². The number of hydrogen-bond acceptors (Lipinski definition) is 6. The Labute approximate surface area is 165 Å². The lowest BCUT2D eigenvalue weighted by atomic mass is 10.1. The van der Waals surface area contributed by atoms with Gasteiger partial charge in [0.15, 0.2) is 5.82 Å². The Morgan fingerprint density at radius 3 is 2.52 bits per heavy atom. The number of amides is 3. The van der Waals surface area contributed by atoms with Crippen molar-refractivity contribution in [2.75, 3.05) is 22.8 Å². The maximum atomic E-state index is 14.5. The van der Waals surface area contributed by atoms with Gasteiger partial charge in [-0.1, -0.05) is 30.3 Å². The third-order valence-corrected chi connectivity index (χ3v) is 5.44. The highest BCUT2D eigenvalue weighted by Gasteiger charge is 2.37. The summed E-state index contributed by atoms with van der Waals surface area (Å²) < 4.78 is 40.2. The second-order valence-electron chi connectivity index (χ2n) is 6.11. The fourth-order valence-electron chi connectivity index (χ4n) is 2.79. The molecule has 1 atom stereocenters. The zero-order valence-corrected chi connectivity index (χ0v) is 15.6. The molecule has 0 bridgehead atoms. The first-order valence-electron chi connectivity index (χ1n) is 8.30. The molecule has 0 radical (unpaired) electrons. The predicted octanol–water partition coefficient (Wildman–Crippen LogP) is 0.567. The Morgan fingerprint density at radius 1 is 1.28 bits per heavy atom. The first kappa shape index (κ1) is 20.4. The summed E-state index contributed by atoms with van der Waals surface area (Å²) in [5.41, 5.74) is -0.236. The molecule has 12 heteroatoms. The van der Waals surface area contributed by atoms with Crippen molar-refractivity contribution >= 4 is 33.5 Å². The summed E-state index contributed by atoms with van der Waals surface area (Å²) >= 11 is 0. The van der Waals surface area contributed by atoms with E-state index in [1.54, 1.807) is 35.1 Å². The number of carbonyl (C=O) groups is 2. The van der Waals surface area contributed by atoms with E-state index in [9.17, 15) is 32.6 Å². The maximum Gasteiger partial charge on any atom is 0.326 e. The second-order valence-corrected chi connectivity index (χ2v) is 7.70. The molecule has 1 fully saturated rings. The molecule has 2 aromatic carbocycles. The first-order valence-corrected chi connectivity index (χ1v) is 9.74. The van der Waals surface area contributed by atoms with Crippen molar-refractivity contribution in [2.45, 2.75) is 6.04 Å². The van der Waals surface area contributed by atoms with Crippen LogP contribution < -0.4 is 19.7 Å². The van der Waals surface area contributed by atoms with Crippen LogP contribution in [0.5, 0.6) is 5.75 Å². The standard InChI is InChI=1S/C17H17FN4O6S/c18-12-6-11(7-14(24)16(12)22-8-15(25)21-29(22,27)28)19-17(26)20-13(9-23)10-4-2-1-3-5-10/h1-7,13,23-24H,8-9H2,(H,21,25)(H2,19,20,26)/t13-/m1/s1. The van der Waals surface area contributed by atoms with Crippen LogP contribution in [-0.4, -0.2) is 43.7 Å². The van der Waals surface area contributed by atoms with Crippen molar-refractivity contribution in [1.82, 2.24) is 10.0 Å². The van der Waals surface area contributed by atoms with Crippen LogP contribution in [0.4, 0.5) is 20.6 Å². The molecule has 0 unspecified atom stereocenters. The summed E-state index contributed by atoms with van der Waals surface area (Å²) in [6, 6.07) is 8.86. The van der Waals surface area contributed by atoms with Crippen molar-refractivity contribution in [3.05, 3.63) is 53.8 Å². The molecule has 0 saturated carbocycles. The lowest BCUT2D eigenvalue weighted by Crippen LogP contribution is -2.34. The third kappa shape index (κ3) is 4.38.